The topological polar surface area (TPSA) is 69.9 Å². The fourth-order valence-corrected chi connectivity index (χ4v) is 2.18. The van der Waals surface area contributed by atoms with E-state index in [2.05, 4.69) is 9.72 Å². The molecule has 90 valence electrons. The molecule has 7 heteroatoms. The third-order valence-electron chi connectivity index (χ3n) is 2.09. The molecule has 2 aromatic heterocycles. The van der Waals surface area contributed by atoms with Crippen LogP contribution in [0.2, 0.25) is 0 Å². The molecule has 0 unspecified atom stereocenters. The SMILES string of the molecule is CCOC(=O)c1csc2nc(C(=O)OC)cn12. The van der Waals surface area contributed by atoms with Crippen LogP contribution in [-0.2, 0) is 9.47 Å². The Morgan fingerprint density at radius 3 is 2.88 bits per heavy atom. The van der Waals surface area contributed by atoms with Gasteiger partial charge in [0.05, 0.1) is 13.7 Å². The zero-order valence-electron chi connectivity index (χ0n) is 9.30. The lowest BCUT2D eigenvalue weighted by Gasteiger charge is -1.98. The minimum Gasteiger partial charge on any atom is -0.464 e. The number of imidazole rings is 1. The van der Waals surface area contributed by atoms with Gasteiger partial charge < -0.3 is 9.47 Å². The van der Waals surface area contributed by atoms with Gasteiger partial charge in [0.2, 0.25) is 0 Å². The van der Waals surface area contributed by atoms with Crippen LogP contribution in [0.5, 0.6) is 0 Å². The molecule has 2 heterocycles. The van der Waals surface area contributed by atoms with E-state index in [0.29, 0.717) is 17.3 Å². The molecular formula is C10H10N2O4S. The van der Waals surface area contributed by atoms with E-state index >= 15 is 0 Å². The summed E-state index contributed by atoms with van der Waals surface area (Å²) >= 11 is 1.26. The molecule has 0 spiro atoms. The maximum Gasteiger partial charge on any atom is 0.358 e. The van der Waals surface area contributed by atoms with Crippen molar-refractivity contribution in [1.82, 2.24) is 9.38 Å². The number of nitrogens with zero attached hydrogens (tertiary/aromatic N) is 2. The van der Waals surface area contributed by atoms with Crippen LogP contribution in [0, 0.1) is 0 Å². The summed E-state index contributed by atoms with van der Waals surface area (Å²) in [6.07, 6.45) is 1.46. The average molecular weight is 254 g/mol. The molecule has 0 atom stereocenters. The average Bonchev–Trinajstić information content (AvgIpc) is 2.87. The van der Waals surface area contributed by atoms with E-state index in [4.69, 9.17) is 4.74 Å². The number of ether oxygens (including phenoxy) is 2. The highest BCUT2D eigenvalue weighted by atomic mass is 32.1. The first-order chi connectivity index (χ1) is 8.17. The quantitative estimate of drug-likeness (QED) is 0.773. The summed E-state index contributed by atoms with van der Waals surface area (Å²) < 4.78 is 11.0. The second kappa shape index (κ2) is 4.54. The molecule has 6 nitrogen and oxygen atoms in total. The van der Waals surface area contributed by atoms with E-state index < -0.39 is 11.9 Å². The zero-order valence-corrected chi connectivity index (χ0v) is 10.1. The summed E-state index contributed by atoms with van der Waals surface area (Å²) in [5, 5.41) is 1.64. The molecule has 2 aromatic rings. The molecule has 0 aliphatic rings. The minimum atomic E-state index is -0.532. The van der Waals surface area contributed by atoms with Crippen molar-refractivity contribution in [3.63, 3.8) is 0 Å². The second-order valence-corrected chi connectivity index (χ2v) is 3.95. The Balaban J connectivity index is 2.42. The normalized spacial score (nSPS) is 10.5. The number of aromatic nitrogens is 2. The van der Waals surface area contributed by atoms with Crippen molar-refractivity contribution in [3.05, 3.63) is 23.0 Å². The van der Waals surface area contributed by atoms with E-state index in [1.807, 2.05) is 0 Å². The summed E-state index contributed by atoms with van der Waals surface area (Å²) in [6.45, 7) is 2.03. The maximum atomic E-state index is 11.6. The lowest BCUT2D eigenvalue weighted by Crippen LogP contribution is -2.07. The van der Waals surface area contributed by atoms with Crippen LogP contribution in [0.15, 0.2) is 11.6 Å². The highest BCUT2D eigenvalue weighted by Crippen LogP contribution is 2.17. The van der Waals surface area contributed by atoms with Gasteiger partial charge in [-0.15, -0.1) is 11.3 Å². The molecular weight excluding hydrogens is 244 g/mol. The molecule has 0 aliphatic heterocycles. The molecule has 17 heavy (non-hydrogen) atoms. The summed E-state index contributed by atoms with van der Waals surface area (Å²) in [6, 6.07) is 0. The molecule has 0 bridgehead atoms. The third kappa shape index (κ3) is 2.01. The molecule has 0 fully saturated rings. The Morgan fingerprint density at radius 1 is 1.47 bits per heavy atom. The first kappa shape index (κ1) is 11.6. The van der Waals surface area contributed by atoms with E-state index in [-0.39, 0.29) is 5.69 Å². The lowest BCUT2D eigenvalue weighted by atomic mass is 10.4. The van der Waals surface area contributed by atoms with Crippen molar-refractivity contribution < 1.29 is 19.1 Å². The smallest absolute Gasteiger partial charge is 0.358 e. The molecule has 0 radical (unpaired) electrons. The molecule has 0 saturated heterocycles. The van der Waals surface area contributed by atoms with Gasteiger partial charge in [0.1, 0.15) is 5.69 Å². The van der Waals surface area contributed by atoms with Crippen molar-refractivity contribution in [2.24, 2.45) is 0 Å². The Hall–Kier alpha value is -1.89. The maximum absolute atomic E-state index is 11.6. The summed E-state index contributed by atoms with van der Waals surface area (Å²) in [7, 11) is 1.28. The van der Waals surface area contributed by atoms with Gasteiger partial charge in [0.25, 0.3) is 0 Å². The van der Waals surface area contributed by atoms with Crippen LogP contribution in [0.3, 0.4) is 0 Å². The number of carbonyl (C=O) groups is 2. The van der Waals surface area contributed by atoms with Crippen molar-refractivity contribution in [2.45, 2.75) is 6.92 Å². The van der Waals surface area contributed by atoms with Gasteiger partial charge in [-0.3, -0.25) is 4.40 Å². The number of rotatable bonds is 3. The van der Waals surface area contributed by atoms with Crippen LogP contribution in [-0.4, -0.2) is 35.0 Å². The van der Waals surface area contributed by atoms with Crippen LogP contribution in [0.25, 0.3) is 4.96 Å². The fourth-order valence-electron chi connectivity index (χ4n) is 1.34. The van der Waals surface area contributed by atoms with Crippen molar-refractivity contribution >= 4 is 28.2 Å². The predicted molar refractivity (Wildman–Crippen MR) is 60.4 cm³/mol. The van der Waals surface area contributed by atoms with Crippen LogP contribution in [0.4, 0.5) is 0 Å². The number of hydrogen-bond donors (Lipinski definition) is 0. The lowest BCUT2D eigenvalue weighted by molar-refractivity contribution is 0.0516. The van der Waals surface area contributed by atoms with Gasteiger partial charge >= 0.3 is 11.9 Å². The van der Waals surface area contributed by atoms with Crippen LogP contribution in [0.1, 0.15) is 27.9 Å². The molecule has 0 amide bonds. The Morgan fingerprint density at radius 2 is 2.24 bits per heavy atom. The largest absolute Gasteiger partial charge is 0.464 e. The van der Waals surface area contributed by atoms with E-state index in [0.717, 1.165) is 0 Å². The van der Waals surface area contributed by atoms with Crippen molar-refractivity contribution in [1.29, 1.82) is 0 Å². The molecule has 0 saturated carbocycles. The number of thiazole rings is 1. The Labute approximate surface area is 101 Å². The van der Waals surface area contributed by atoms with E-state index in [9.17, 15) is 9.59 Å². The van der Waals surface area contributed by atoms with Crippen molar-refractivity contribution in [3.8, 4) is 0 Å². The number of methoxy groups -OCH3 is 1. The van der Waals surface area contributed by atoms with Gasteiger partial charge in [-0.25, -0.2) is 14.6 Å². The Kier molecular flexibility index (Phi) is 3.10. The molecule has 0 aromatic carbocycles. The first-order valence-electron chi connectivity index (χ1n) is 4.89. The standard InChI is InChI=1S/C10H10N2O4S/c1-3-16-9(14)7-5-17-10-11-6(4-12(7)10)8(13)15-2/h4-5H,3H2,1-2H3. The molecule has 2 rings (SSSR count). The van der Waals surface area contributed by atoms with E-state index in [1.165, 1.54) is 29.0 Å². The number of carbonyl (C=O) groups excluding carboxylic acids is 2. The molecule has 0 N–H and O–H groups in total. The summed E-state index contributed by atoms with van der Waals surface area (Å²) in [5.74, 6) is -0.969. The van der Waals surface area contributed by atoms with Crippen molar-refractivity contribution in [2.75, 3.05) is 13.7 Å². The minimum absolute atomic E-state index is 0.171. The van der Waals surface area contributed by atoms with Gasteiger partial charge in [-0.2, -0.15) is 0 Å². The number of hydrogen-bond acceptors (Lipinski definition) is 6. The monoisotopic (exact) mass is 254 g/mol. The predicted octanol–water partition coefficient (Wildman–Crippen LogP) is 1.36. The van der Waals surface area contributed by atoms with Crippen LogP contribution < -0.4 is 0 Å². The van der Waals surface area contributed by atoms with Gasteiger partial charge in [-0.1, -0.05) is 0 Å². The summed E-state index contributed by atoms with van der Waals surface area (Å²) in [5.41, 5.74) is 0.527. The zero-order chi connectivity index (χ0) is 12.4. The van der Waals surface area contributed by atoms with Gasteiger partial charge in [-0.05, 0) is 6.92 Å². The van der Waals surface area contributed by atoms with Gasteiger partial charge in [0, 0.05) is 11.6 Å². The number of fused-ring (bicyclic) bond motifs is 1. The molecule has 0 aliphatic carbocycles. The van der Waals surface area contributed by atoms with E-state index in [1.54, 1.807) is 12.3 Å². The third-order valence-corrected chi connectivity index (χ3v) is 2.93. The highest BCUT2D eigenvalue weighted by Gasteiger charge is 2.18. The fraction of sp³-hybridized carbons (Fsp3) is 0.300. The summed E-state index contributed by atoms with van der Waals surface area (Å²) in [4.78, 5) is 27.5. The van der Waals surface area contributed by atoms with Gasteiger partial charge in [0.15, 0.2) is 10.7 Å². The highest BCUT2D eigenvalue weighted by molar-refractivity contribution is 7.15. The number of esters is 2. The van der Waals surface area contributed by atoms with Crippen LogP contribution >= 0.6 is 11.3 Å². The first-order valence-corrected chi connectivity index (χ1v) is 5.77. The second-order valence-electron chi connectivity index (χ2n) is 3.11. The Bertz CT molecular complexity index is 572.